The molecule has 0 unspecified atom stereocenters. The number of hydrogen-bond acceptors (Lipinski definition) is 10. The molecule has 1 saturated heterocycles. The zero-order valence-corrected chi connectivity index (χ0v) is 21.1. The first-order valence-corrected chi connectivity index (χ1v) is 15.3. The van der Waals surface area contributed by atoms with Crippen molar-refractivity contribution in [1.82, 2.24) is 4.31 Å². The molecule has 1 N–H and O–H groups in total. The molecule has 0 aromatic heterocycles. The van der Waals surface area contributed by atoms with Crippen molar-refractivity contribution < 1.29 is 38.7 Å². The van der Waals surface area contributed by atoms with Gasteiger partial charge in [-0.2, -0.15) is 21.1 Å². The van der Waals surface area contributed by atoms with E-state index >= 15 is 0 Å². The largest absolute Gasteiger partial charge is 0.508 e. The Morgan fingerprint density at radius 2 is 1.09 bits per heavy atom. The molecule has 186 valence electrons. The highest BCUT2D eigenvalue weighted by Gasteiger charge is 2.28. The molecule has 0 saturated carbocycles. The summed E-state index contributed by atoms with van der Waals surface area (Å²) in [6, 6.07) is 14.3. The van der Waals surface area contributed by atoms with Gasteiger partial charge in [-0.1, -0.05) is 0 Å². The van der Waals surface area contributed by atoms with E-state index in [1.807, 2.05) is 0 Å². The van der Waals surface area contributed by atoms with Gasteiger partial charge in [-0.05, 0) is 72.8 Å². The summed E-state index contributed by atoms with van der Waals surface area (Å²) in [6.07, 6.45) is 0. The fourth-order valence-corrected chi connectivity index (χ4v) is 7.70. The van der Waals surface area contributed by atoms with E-state index in [1.54, 1.807) is 0 Å². The Bertz CT molecular complexity index is 1510. The van der Waals surface area contributed by atoms with Crippen LogP contribution in [0.5, 0.6) is 17.2 Å². The molecular formula is C21H19NO9S4. The summed E-state index contributed by atoms with van der Waals surface area (Å²) < 4.78 is 86.4. The number of hydrogen-bond donors (Lipinski definition) is 1. The van der Waals surface area contributed by atoms with Crippen molar-refractivity contribution in [1.29, 1.82) is 0 Å². The smallest absolute Gasteiger partial charge is 0.339 e. The molecule has 0 bridgehead atoms. The standard InChI is InChI=1S/C21H19NO9S4/c23-16-1-7-20(8-2-16)34(26,27)31-18-5-11-21(12-6-18)35(28,29)30-17-3-9-19(10-4-17)33(24,25)22-13-14-32-15-22/h1-12,23H,13-15H2. The van der Waals surface area contributed by atoms with Gasteiger partial charge in [0.15, 0.2) is 0 Å². The minimum atomic E-state index is -4.29. The van der Waals surface area contributed by atoms with Gasteiger partial charge < -0.3 is 13.5 Å². The van der Waals surface area contributed by atoms with Gasteiger partial charge in [0, 0.05) is 12.3 Å². The van der Waals surface area contributed by atoms with E-state index < -0.39 is 30.3 Å². The molecule has 1 heterocycles. The fourth-order valence-electron chi connectivity index (χ4n) is 3.03. The van der Waals surface area contributed by atoms with Gasteiger partial charge in [0.1, 0.15) is 27.0 Å². The number of phenolic OH excluding ortho intramolecular Hbond substituents is 1. The van der Waals surface area contributed by atoms with Crippen LogP contribution in [0.4, 0.5) is 0 Å². The molecule has 3 aromatic rings. The molecule has 10 nitrogen and oxygen atoms in total. The van der Waals surface area contributed by atoms with Crippen molar-refractivity contribution >= 4 is 42.0 Å². The predicted molar refractivity (Wildman–Crippen MR) is 128 cm³/mol. The lowest BCUT2D eigenvalue weighted by atomic mass is 10.3. The highest BCUT2D eigenvalue weighted by Crippen LogP contribution is 2.27. The molecule has 35 heavy (non-hydrogen) atoms. The van der Waals surface area contributed by atoms with E-state index in [1.165, 1.54) is 52.5 Å². The Balaban J connectivity index is 1.46. The number of sulfonamides is 1. The maximum Gasteiger partial charge on any atom is 0.339 e. The van der Waals surface area contributed by atoms with Crippen LogP contribution in [-0.4, -0.2) is 52.8 Å². The second kappa shape index (κ2) is 9.70. The van der Waals surface area contributed by atoms with Crippen LogP contribution in [0.2, 0.25) is 0 Å². The van der Waals surface area contributed by atoms with Crippen molar-refractivity contribution in [2.24, 2.45) is 0 Å². The first kappa shape index (κ1) is 25.3. The first-order valence-electron chi connectivity index (χ1n) is 9.93. The van der Waals surface area contributed by atoms with E-state index in [9.17, 15) is 30.4 Å². The van der Waals surface area contributed by atoms with Crippen LogP contribution in [-0.2, 0) is 30.3 Å². The van der Waals surface area contributed by atoms with Crippen LogP contribution in [0.1, 0.15) is 0 Å². The summed E-state index contributed by atoms with van der Waals surface area (Å²) in [7, 11) is -12.1. The molecule has 0 spiro atoms. The molecule has 0 amide bonds. The molecule has 1 fully saturated rings. The average Bonchev–Trinajstić information content (AvgIpc) is 3.36. The summed E-state index contributed by atoms with van der Waals surface area (Å²) in [4.78, 5) is -0.428. The third-order valence-corrected chi connectivity index (χ3v) is 10.3. The molecule has 4 rings (SSSR count). The van der Waals surface area contributed by atoms with Gasteiger partial charge in [0.25, 0.3) is 0 Å². The van der Waals surface area contributed by atoms with Crippen molar-refractivity contribution in [3.8, 4) is 17.2 Å². The van der Waals surface area contributed by atoms with Crippen molar-refractivity contribution in [3.05, 3.63) is 72.8 Å². The van der Waals surface area contributed by atoms with Gasteiger partial charge >= 0.3 is 20.2 Å². The summed E-state index contributed by atoms with van der Waals surface area (Å²) in [5.74, 6) is 0.748. The van der Waals surface area contributed by atoms with Gasteiger partial charge in [0.05, 0.1) is 10.8 Å². The number of benzene rings is 3. The van der Waals surface area contributed by atoms with Crippen LogP contribution >= 0.6 is 11.8 Å². The average molecular weight is 558 g/mol. The Hall–Kier alpha value is -2.78. The maximum absolute atomic E-state index is 12.6. The van der Waals surface area contributed by atoms with Crippen LogP contribution in [0.3, 0.4) is 0 Å². The predicted octanol–water partition coefficient (Wildman–Crippen LogP) is 2.62. The number of phenols is 1. The second-order valence-electron chi connectivity index (χ2n) is 7.23. The monoisotopic (exact) mass is 557 g/mol. The Morgan fingerprint density at radius 3 is 1.51 bits per heavy atom. The third kappa shape index (κ3) is 5.73. The molecule has 0 aliphatic carbocycles. The lowest BCUT2D eigenvalue weighted by molar-refractivity contribution is 0.473. The molecule has 1 aliphatic rings. The zero-order chi connectivity index (χ0) is 25.3. The van der Waals surface area contributed by atoms with Gasteiger partial charge in [-0.3, -0.25) is 0 Å². The zero-order valence-electron chi connectivity index (χ0n) is 17.8. The minimum absolute atomic E-state index is 0.0288. The summed E-state index contributed by atoms with van der Waals surface area (Å²) in [5.41, 5.74) is 0. The van der Waals surface area contributed by atoms with Crippen molar-refractivity contribution in [2.75, 3.05) is 18.2 Å². The minimum Gasteiger partial charge on any atom is -0.508 e. The van der Waals surface area contributed by atoms with Crippen LogP contribution in [0, 0.1) is 0 Å². The van der Waals surface area contributed by atoms with Gasteiger partial charge in [-0.15, -0.1) is 11.8 Å². The molecule has 14 heteroatoms. The lowest BCUT2D eigenvalue weighted by Crippen LogP contribution is -2.27. The number of nitrogens with zero attached hydrogens (tertiary/aromatic N) is 1. The van der Waals surface area contributed by atoms with Crippen molar-refractivity contribution in [3.63, 3.8) is 0 Å². The van der Waals surface area contributed by atoms with Crippen molar-refractivity contribution in [2.45, 2.75) is 14.7 Å². The third-order valence-electron chi connectivity index (χ3n) is 4.83. The summed E-state index contributed by atoms with van der Waals surface area (Å²) in [6.45, 7) is 0.412. The molecular weight excluding hydrogens is 538 g/mol. The number of thioether (sulfide) groups is 1. The van der Waals surface area contributed by atoms with E-state index in [2.05, 4.69) is 0 Å². The Labute approximate surface area is 207 Å². The number of rotatable bonds is 8. The normalized spacial score (nSPS) is 15.1. The van der Waals surface area contributed by atoms with Crippen LogP contribution in [0.25, 0.3) is 0 Å². The topological polar surface area (TPSA) is 144 Å². The van der Waals surface area contributed by atoms with Crippen LogP contribution in [0.15, 0.2) is 87.5 Å². The quantitative estimate of drug-likeness (QED) is 0.410. The van der Waals surface area contributed by atoms with Crippen LogP contribution < -0.4 is 8.37 Å². The maximum atomic E-state index is 12.6. The highest BCUT2D eigenvalue weighted by atomic mass is 32.2. The van der Waals surface area contributed by atoms with E-state index in [-0.39, 0.29) is 31.9 Å². The number of aromatic hydroxyl groups is 1. The fraction of sp³-hybridized carbons (Fsp3) is 0.143. The van der Waals surface area contributed by atoms with E-state index in [0.29, 0.717) is 18.2 Å². The molecule has 3 aromatic carbocycles. The molecule has 0 atom stereocenters. The first-order chi connectivity index (χ1) is 16.5. The summed E-state index contributed by atoms with van der Waals surface area (Å²) >= 11 is 1.51. The van der Waals surface area contributed by atoms with E-state index in [0.717, 1.165) is 36.4 Å². The lowest BCUT2D eigenvalue weighted by Gasteiger charge is -2.15. The summed E-state index contributed by atoms with van der Waals surface area (Å²) in [5, 5.41) is 9.28. The van der Waals surface area contributed by atoms with E-state index in [4.69, 9.17) is 8.37 Å². The SMILES string of the molecule is O=S(=O)(Oc1ccc(S(=O)(=O)Oc2ccc(S(=O)(=O)N3CCSC3)cc2)cc1)c1ccc(O)cc1. The molecule has 0 radical (unpaired) electrons. The molecule has 1 aliphatic heterocycles. The van der Waals surface area contributed by atoms with Gasteiger partial charge in [-0.25, -0.2) is 8.42 Å². The Kier molecular flexibility index (Phi) is 7.02. The highest BCUT2D eigenvalue weighted by molar-refractivity contribution is 8.00. The van der Waals surface area contributed by atoms with Gasteiger partial charge in [0.2, 0.25) is 10.0 Å². The Morgan fingerprint density at radius 1 is 0.657 bits per heavy atom. The second-order valence-corrected chi connectivity index (χ2v) is 13.3.